The van der Waals surface area contributed by atoms with Crippen LogP contribution in [0.15, 0.2) is 84.9 Å². The SMILES string of the molecule is Fc1ccc(-c2ccc(OCCCCCC(F)(F)CCCCCOc3ccc(-c4ccc(F)cc4)c(F)c3)cc2F)cc1. The predicted octanol–water partition coefficient (Wildman–Crippen LogP) is 10.8. The van der Waals surface area contributed by atoms with Crippen LogP contribution in [0.1, 0.15) is 51.4 Å². The zero-order chi connectivity index (χ0) is 30.7. The molecule has 0 aliphatic rings. The highest BCUT2D eigenvalue weighted by Gasteiger charge is 2.27. The molecular weight excluding hydrogens is 566 g/mol. The summed E-state index contributed by atoms with van der Waals surface area (Å²) in [4.78, 5) is 0. The van der Waals surface area contributed by atoms with Gasteiger partial charge in [-0.1, -0.05) is 24.3 Å². The lowest BCUT2D eigenvalue weighted by Crippen LogP contribution is -2.15. The van der Waals surface area contributed by atoms with Gasteiger partial charge in [0.2, 0.25) is 5.92 Å². The summed E-state index contributed by atoms with van der Waals surface area (Å²) in [5.41, 5.74) is 1.80. The molecule has 0 amide bonds. The van der Waals surface area contributed by atoms with Crippen LogP contribution in [0.5, 0.6) is 11.5 Å². The topological polar surface area (TPSA) is 18.5 Å². The lowest BCUT2D eigenvalue weighted by Gasteiger charge is -2.16. The molecule has 0 aromatic heterocycles. The minimum absolute atomic E-state index is 0.204. The third-order valence-corrected chi connectivity index (χ3v) is 7.10. The second-order valence-electron chi connectivity index (χ2n) is 10.5. The van der Waals surface area contributed by atoms with E-state index in [-0.39, 0.29) is 12.8 Å². The Morgan fingerprint density at radius 2 is 0.860 bits per heavy atom. The summed E-state index contributed by atoms with van der Waals surface area (Å²) < 4.78 is 94.8. The van der Waals surface area contributed by atoms with Gasteiger partial charge >= 0.3 is 0 Å². The number of hydrogen-bond donors (Lipinski definition) is 0. The summed E-state index contributed by atoms with van der Waals surface area (Å²) in [7, 11) is 0. The zero-order valence-corrected chi connectivity index (χ0v) is 23.7. The molecule has 0 aliphatic heterocycles. The van der Waals surface area contributed by atoms with Gasteiger partial charge in [-0.15, -0.1) is 0 Å². The molecule has 0 radical (unpaired) electrons. The van der Waals surface area contributed by atoms with Crippen molar-refractivity contribution in [3.63, 3.8) is 0 Å². The van der Waals surface area contributed by atoms with Gasteiger partial charge in [0, 0.05) is 36.1 Å². The highest BCUT2D eigenvalue weighted by molar-refractivity contribution is 5.65. The van der Waals surface area contributed by atoms with Crippen molar-refractivity contribution >= 4 is 0 Å². The number of alkyl halides is 2. The first-order chi connectivity index (χ1) is 20.7. The Labute approximate surface area is 248 Å². The summed E-state index contributed by atoms with van der Waals surface area (Å²) >= 11 is 0. The fraction of sp³-hybridized carbons (Fsp3) is 0.314. The van der Waals surface area contributed by atoms with Crippen molar-refractivity contribution in [3.8, 4) is 33.8 Å². The molecule has 0 bridgehead atoms. The maximum atomic E-state index is 14.5. The number of halogens is 6. The van der Waals surface area contributed by atoms with Crippen molar-refractivity contribution in [2.24, 2.45) is 0 Å². The molecule has 43 heavy (non-hydrogen) atoms. The Kier molecular flexibility index (Phi) is 11.5. The smallest absolute Gasteiger partial charge is 0.248 e. The van der Waals surface area contributed by atoms with Crippen LogP contribution >= 0.6 is 0 Å². The Balaban J connectivity index is 1.06. The highest BCUT2D eigenvalue weighted by Crippen LogP contribution is 2.30. The molecule has 0 N–H and O–H groups in total. The first kappa shape index (κ1) is 32.0. The van der Waals surface area contributed by atoms with E-state index in [2.05, 4.69) is 0 Å². The van der Waals surface area contributed by atoms with E-state index >= 15 is 0 Å². The molecule has 0 saturated heterocycles. The third-order valence-electron chi connectivity index (χ3n) is 7.10. The van der Waals surface area contributed by atoms with Crippen LogP contribution in [0.25, 0.3) is 22.3 Å². The molecule has 8 heteroatoms. The summed E-state index contributed by atoms with van der Waals surface area (Å²) in [6, 6.07) is 20.0. The Morgan fingerprint density at radius 1 is 0.465 bits per heavy atom. The van der Waals surface area contributed by atoms with Gasteiger partial charge in [0.05, 0.1) is 13.2 Å². The van der Waals surface area contributed by atoms with E-state index in [1.54, 1.807) is 24.3 Å². The van der Waals surface area contributed by atoms with Gasteiger partial charge < -0.3 is 9.47 Å². The highest BCUT2D eigenvalue weighted by atomic mass is 19.3. The Hall–Kier alpha value is -3.94. The number of rotatable bonds is 16. The van der Waals surface area contributed by atoms with E-state index in [4.69, 9.17) is 9.47 Å². The molecule has 0 unspecified atom stereocenters. The number of benzene rings is 4. The molecule has 228 valence electrons. The van der Waals surface area contributed by atoms with Crippen LogP contribution in [0.3, 0.4) is 0 Å². The zero-order valence-electron chi connectivity index (χ0n) is 23.7. The maximum absolute atomic E-state index is 14.5. The molecule has 2 nitrogen and oxygen atoms in total. The van der Waals surface area contributed by atoms with Crippen LogP contribution in [0.4, 0.5) is 26.3 Å². The van der Waals surface area contributed by atoms with Crippen LogP contribution in [0, 0.1) is 23.3 Å². The van der Waals surface area contributed by atoms with E-state index in [0.717, 1.165) is 0 Å². The minimum atomic E-state index is -2.75. The number of unbranched alkanes of at least 4 members (excludes halogenated alkanes) is 4. The largest absolute Gasteiger partial charge is 0.493 e. The van der Waals surface area contributed by atoms with Crippen molar-refractivity contribution in [3.05, 3.63) is 108 Å². The minimum Gasteiger partial charge on any atom is -0.493 e. The van der Waals surface area contributed by atoms with Gasteiger partial charge in [-0.25, -0.2) is 26.3 Å². The van der Waals surface area contributed by atoms with E-state index in [0.29, 0.717) is 85.5 Å². The van der Waals surface area contributed by atoms with E-state index in [1.807, 2.05) is 0 Å². The second kappa shape index (κ2) is 15.5. The molecule has 0 aliphatic carbocycles. The van der Waals surface area contributed by atoms with Gasteiger partial charge in [0.1, 0.15) is 34.8 Å². The van der Waals surface area contributed by atoms with Crippen LogP contribution in [-0.2, 0) is 0 Å². The predicted molar refractivity (Wildman–Crippen MR) is 156 cm³/mol. The van der Waals surface area contributed by atoms with Crippen molar-refractivity contribution in [2.75, 3.05) is 13.2 Å². The monoisotopic (exact) mass is 600 g/mol. The molecule has 4 aromatic rings. The van der Waals surface area contributed by atoms with Crippen LogP contribution in [-0.4, -0.2) is 19.1 Å². The molecule has 0 heterocycles. The Morgan fingerprint density at radius 3 is 1.23 bits per heavy atom. The first-order valence-electron chi connectivity index (χ1n) is 14.4. The van der Waals surface area contributed by atoms with Gasteiger partial charge in [-0.3, -0.25) is 0 Å². The molecule has 4 rings (SSSR count). The average Bonchev–Trinajstić information content (AvgIpc) is 2.98. The quantitative estimate of drug-likeness (QED) is 0.0941. The summed E-state index contributed by atoms with van der Waals surface area (Å²) in [5, 5.41) is 0. The molecule has 4 aromatic carbocycles. The molecule has 0 saturated carbocycles. The lowest BCUT2D eigenvalue weighted by molar-refractivity contribution is -0.0209. The standard InChI is InChI=1S/C35H34F6O2/c36-27-11-7-25(8-12-27)31-17-15-29(23-33(31)38)42-21-5-1-3-19-35(40,41)20-4-2-6-22-43-30-16-18-32(34(39)24-30)26-9-13-28(37)14-10-26/h7-18,23-24H,1-6,19-22H2. The molecule has 0 fully saturated rings. The molecule has 0 atom stereocenters. The van der Waals surface area contributed by atoms with Crippen molar-refractivity contribution in [2.45, 2.75) is 57.3 Å². The van der Waals surface area contributed by atoms with Gasteiger partial charge in [-0.05, 0) is 98.2 Å². The molecular formula is C35H34F6O2. The van der Waals surface area contributed by atoms with E-state index < -0.39 is 29.2 Å². The first-order valence-corrected chi connectivity index (χ1v) is 14.4. The summed E-state index contributed by atoms with van der Waals surface area (Å²) in [5.74, 6) is -3.81. The van der Waals surface area contributed by atoms with Crippen LogP contribution < -0.4 is 9.47 Å². The number of hydrogen-bond acceptors (Lipinski definition) is 2. The summed E-state index contributed by atoms with van der Waals surface area (Å²) in [6.45, 7) is 0.583. The van der Waals surface area contributed by atoms with Crippen molar-refractivity contribution < 1.29 is 35.8 Å². The van der Waals surface area contributed by atoms with Gasteiger partial charge in [0.25, 0.3) is 0 Å². The lowest BCUT2D eigenvalue weighted by atomic mass is 10.0. The number of ether oxygens (including phenoxy) is 2. The summed E-state index contributed by atoms with van der Waals surface area (Å²) in [6.07, 6.45) is 2.58. The van der Waals surface area contributed by atoms with Gasteiger partial charge in [-0.2, -0.15) is 0 Å². The fourth-order valence-corrected chi connectivity index (χ4v) is 4.73. The maximum Gasteiger partial charge on any atom is 0.248 e. The second-order valence-corrected chi connectivity index (χ2v) is 10.5. The van der Waals surface area contributed by atoms with E-state index in [9.17, 15) is 26.3 Å². The third kappa shape index (κ3) is 10.1. The van der Waals surface area contributed by atoms with Crippen LogP contribution in [0.2, 0.25) is 0 Å². The van der Waals surface area contributed by atoms with Crippen molar-refractivity contribution in [1.82, 2.24) is 0 Å². The van der Waals surface area contributed by atoms with Crippen molar-refractivity contribution in [1.29, 1.82) is 0 Å². The van der Waals surface area contributed by atoms with E-state index in [1.165, 1.54) is 60.7 Å². The Bertz CT molecular complexity index is 1330. The van der Waals surface area contributed by atoms with Gasteiger partial charge in [0.15, 0.2) is 0 Å². The average molecular weight is 601 g/mol. The normalized spacial score (nSPS) is 11.5. The molecule has 0 spiro atoms. The fourth-order valence-electron chi connectivity index (χ4n) is 4.73.